The van der Waals surface area contributed by atoms with Gasteiger partial charge in [0.2, 0.25) is 0 Å². The van der Waals surface area contributed by atoms with Gasteiger partial charge in [0.25, 0.3) is 11.5 Å². The number of carbonyl (C=O) groups is 1. The maximum Gasteiger partial charge on any atom is 0.268 e. The molecule has 2 N–H and O–H groups in total. The minimum Gasteiger partial charge on any atom is -0.506 e. The molecule has 4 rings (SSSR count). The largest absolute Gasteiger partial charge is 0.506 e. The highest BCUT2D eigenvalue weighted by Crippen LogP contribution is 2.27. The van der Waals surface area contributed by atoms with Crippen molar-refractivity contribution in [2.75, 3.05) is 19.8 Å². The molecule has 174 valence electrons. The van der Waals surface area contributed by atoms with Gasteiger partial charge in [0.15, 0.2) is 0 Å². The van der Waals surface area contributed by atoms with Gasteiger partial charge in [-0.3, -0.25) is 19.1 Å². The summed E-state index contributed by atoms with van der Waals surface area (Å²) >= 11 is 0. The fourth-order valence-electron chi connectivity index (χ4n) is 5.03. The van der Waals surface area contributed by atoms with Crippen molar-refractivity contribution in [3.05, 3.63) is 34.2 Å². The third-order valence-electron chi connectivity index (χ3n) is 7.00. The summed E-state index contributed by atoms with van der Waals surface area (Å²) in [5.74, 6) is -0.130. The fraction of sp³-hybridized carbons (Fsp3) is 0.625. The molecule has 0 unspecified atom stereocenters. The van der Waals surface area contributed by atoms with Crippen LogP contribution in [0.3, 0.4) is 0 Å². The first-order chi connectivity index (χ1) is 15.4. The monoisotopic (exact) mass is 442 g/mol. The Hall–Kier alpha value is -2.45. The van der Waals surface area contributed by atoms with E-state index < -0.39 is 11.5 Å². The molecule has 0 aromatic carbocycles. The maximum absolute atomic E-state index is 13.4. The first-order valence-corrected chi connectivity index (χ1v) is 11.7. The Morgan fingerprint density at radius 1 is 1.16 bits per heavy atom. The number of hydrogen-bond donors (Lipinski definition) is 2. The Bertz CT molecular complexity index is 1020. The first kappa shape index (κ1) is 22.7. The van der Waals surface area contributed by atoms with Crippen LogP contribution in [0.4, 0.5) is 0 Å². The number of pyridine rings is 2. The molecule has 2 fully saturated rings. The average molecular weight is 443 g/mol. The predicted molar refractivity (Wildman–Crippen MR) is 123 cm³/mol. The summed E-state index contributed by atoms with van der Waals surface area (Å²) in [6.07, 6.45) is 5.49. The zero-order chi connectivity index (χ0) is 22.8. The number of aromatic nitrogens is 2. The predicted octanol–water partition coefficient (Wildman–Crippen LogP) is 2.52. The highest BCUT2D eigenvalue weighted by Gasteiger charge is 2.28. The number of carbonyl (C=O) groups excluding carboxylic acids is 1. The van der Waals surface area contributed by atoms with Gasteiger partial charge >= 0.3 is 0 Å². The van der Waals surface area contributed by atoms with Gasteiger partial charge in [0.1, 0.15) is 17.0 Å². The molecule has 1 saturated carbocycles. The van der Waals surface area contributed by atoms with Crippen molar-refractivity contribution in [1.82, 2.24) is 19.8 Å². The number of rotatable bonds is 5. The van der Waals surface area contributed by atoms with Crippen LogP contribution in [-0.4, -0.2) is 63.3 Å². The van der Waals surface area contributed by atoms with E-state index in [1.54, 1.807) is 18.3 Å². The van der Waals surface area contributed by atoms with Gasteiger partial charge < -0.3 is 15.2 Å². The maximum atomic E-state index is 13.4. The second kappa shape index (κ2) is 9.58. The molecule has 32 heavy (non-hydrogen) atoms. The van der Waals surface area contributed by atoms with Crippen molar-refractivity contribution in [2.45, 2.75) is 71.1 Å². The molecule has 0 spiro atoms. The molecule has 2 atom stereocenters. The summed E-state index contributed by atoms with van der Waals surface area (Å²) in [6.45, 7) is 8.75. The molecule has 2 aliphatic rings. The van der Waals surface area contributed by atoms with Crippen LogP contribution in [0.5, 0.6) is 5.75 Å². The first-order valence-electron chi connectivity index (χ1n) is 11.7. The van der Waals surface area contributed by atoms with Crippen LogP contribution < -0.4 is 10.9 Å². The second-order valence-corrected chi connectivity index (χ2v) is 9.46. The van der Waals surface area contributed by atoms with Crippen LogP contribution in [0.1, 0.15) is 56.8 Å². The van der Waals surface area contributed by atoms with Crippen LogP contribution in [0.2, 0.25) is 0 Å². The lowest BCUT2D eigenvalue weighted by molar-refractivity contribution is -0.0377. The number of ether oxygens (including phenoxy) is 1. The molecule has 1 aliphatic carbocycles. The van der Waals surface area contributed by atoms with Gasteiger partial charge in [-0.05, 0) is 57.6 Å². The fourth-order valence-corrected chi connectivity index (χ4v) is 5.03. The van der Waals surface area contributed by atoms with Crippen LogP contribution in [0, 0.1) is 5.92 Å². The molecule has 2 aromatic heterocycles. The van der Waals surface area contributed by atoms with Crippen LogP contribution in [0.15, 0.2) is 23.1 Å². The summed E-state index contributed by atoms with van der Waals surface area (Å²) in [6, 6.07) is 3.91. The molecule has 1 amide bonds. The standard InChI is InChI=1S/C24H34N4O4/c1-15-6-8-18(9-7-15)26-23(30)20-21(29)19-5-4-10-25-22(19)28(24(20)31)12-11-27-16(2)13-32-14-17(27)3/h4-5,10,15-18,29H,6-9,11-14H2,1-3H3,(H,26,30)/t15-,16-,17-,18+/m0/s1. The minimum absolute atomic E-state index is 0.0330. The normalized spacial score (nSPS) is 26.8. The smallest absolute Gasteiger partial charge is 0.268 e. The van der Waals surface area contributed by atoms with E-state index in [9.17, 15) is 14.7 Å². The number of aromatic hydroxyl groups is 1. The number of nitrogens with zero attached hydrogens (tertiary/aromatic N) is 3. The van der Waals surface area contributed by atoms with Gasteiger partial charge in [-0.2, -0.15) is 0 Å². The molecule has 1 aliphatic heterocycles. The van der Waals surface area contributed by atoms with Crippen molar-refractivity contribution >= 4 is 16.9 Å². The van der Waals surface area contributed by atoms with Crippen molar-refractivity contribution in [3.63, 3.8) is 0 Å². The van der Waals surface area contributed by atoms with E-state index in [0.717, 1.165) is 25.7 Å². The Morgan fingerprint density at radius 2 is 1.84 bits per heavy atom. The van der Waals surface area contributed by atoms with E-state index in [4.69, 9.17) is 4.74 Å². The molecule has 8 nitrogen and oxygen atoms in total. The lowest BCUT2D eigenvalue weighted by atomic mass is 9.87. The van der Waals surface area contributed by atoms with E-state index in [0.29, 0.717) is 43.3 Å². The van der Waals surface area contributed by atoms with E-state index >= 15 is 0 Å². The average Bonchev–Trinajstić information content (AvgIpc) is 2.77. The Balaban J connectivity index is 1.65. The molecular weight excluding hydrogens is 408 g/mol. The van der Waals surface area contributed by atoms with Crippen molar-refractivity contribution in [3.8, 4) is 5.75 Å². The van der Waals surface area contributed by atoms with E-state index in [2.05, 4.69) is 36.0 Å². The zero-order valence-electron chi connectivity index (χ0n) is 19.2. The van der Waals surface area contributed by atoms with Crippen molar-refractivity contribution < 1.29 is 14.6 Å². The molecule has 2 aromatic rings. The lowest BCUT2D eigenvalue weighted by Crippen LogP contribution is -2.51. The molecule has 0 radical (unpaired) electrons. The summed E-state index contributed by atoms with van der Waals surface area (Å²) < 4.78 is 7.14. The Morgan fingerprint density at radius 3 is 2.53 bits per heavy atom. The number of hydrogen-bond acceptors (Lipinski definition) is 6. The number of morpholine rings is 1. The summed E-state index contributed by atoms with van der Waals surface area (Å²) in [7, 11) is 0. The minimum atomic E-state index is -0.500. The van der Waals surface area contributed by atoms with Crippen molar-refractivity contribution in [1.29, 1.82) is 0 Å². The van der Waals surface area contributed by atoms with Crippen LogP contribution >= 0.6 is 0 Å². The van der Waals surface area contributed by atoms with Gasteiger partial charge in [0.05, 0.1) is 18.6 Å². The topological polar surface area (TPSA) is 96.7 Å². The Kier molecular flexibility index (Phi) is 6.81. The quantitative estimate of drug-likeness (QED) is 0.739. The van der Waals surface area contributed by atoms with Crippen LogP contribution in [-0.2, 0) is 11.3 Å². The highest BCUT2D eigenvalue weighted by atomic mass is 16.5. The molecule has 8 heteroatoms. The third-order valence-corrected chi connectivity index (χ3v) is 7.00. The van der Waals surface area contributed by atoms with Crippen molar-refractivity contribution in [2.24, 2.45) is 5.92 Å². The molecular formula is C24H34N4O4. The molecule has 1 saturated heterocycles. The summed E-state index contributed by atoms with van der Waals surface area (Å²) in [4.78, 5) is 33.2. The number of nitrogens with one attached hydrogen (secondary N) is 1. The SMILES string of the molecule is C[C@H]1COC[C@H](C)N1CCn1c(=O)c(C(=O)N[C@H]2CC[C@@H](C)CC2)c(O)c2cccnc21. The summed E-state index contributed by atoms with van der Waals surface area (Å²) in [5.41, 5.74) is -0.289. The third kappa shape index (κ3) is 4.52. The van der Waals surface area contributed by atoms with Gasteiger partial charge in [-0.1, -0.05) is 6.92 Å². The van der Waals surface area contributed by atoms with Gasteiger partial charge in [-0.25, -0.2) is 4.98 Å². The van der Waals surface area contributed by atoms with E-state index in [1.165, 1.54) is 4.57 Å². The summed E-state index contributed by atoms with van der Waals surface area (Å²) in [5, 5.41) is 14.3. The van der Waals surface area contributed by atoms with E-state index in [-0.39, 0.29) is 29.4 Å². The zero-order valence-corrected chi connectivity index (χ0v) is 19.2. The second-order valence-electron chi connectivity index (χ2n) is 9.46. The lowest BCUT2D eigenvalue weighted by Gasteiger charge is -2.38. The van der Waals surface area contributed by atoms with Gasteiger partial charge in [-0.15, -0.1) is 0 Å². The molecule has 3 heterocycles. The van der Waals surface area contributed by atoms with Crippen LogP contribution in [0.25, 0.3) is 11.0 Å². The highest BCUT2D eigenvalue weighted by molar-refractivity contribution is 6.01. The van der Waals surface area contributed by atoms with Gasteiger partial charge in [0, 0.05) is 37.4 Å². The molecule has 0 bridgehead atoms. The number of fused-ring (bicyclic) bond motifs is 1. The Labute approximate surface area is 188 Å². The number of amides is 1. The van der Waals surface area contributed by atoms with E-state index in [1.807, 2.05) is 0 Å².